The second-order valence-electron chi connectivity index (χ2n) is 3.17. The molecule has 2 aromatic rings. The van der Waals surface area contributed by atoms with E-state index in [0.29, 0.717) is 16.7 Å². The van der Waals surface area contributed by atoms with E-state index in [1.54, 1.807) is 18.2 Å². The zero-order valence-corrected chi connectivity index (χ0v) is 9.88. The van der Waals surface area contributed by atoms with Gasteiger partial charge in [0, 0.05) is 22.1 Å². The van der Waals surface area contributed by atoms with Gasteiger partial charge in [0.05, 0.1) is 7.11 Å². The fourth-order valence-corrected chi connectivity index (χ4v) is 2.18. The molecule has 1 aromatic heterocycles. The van der Waals surface area contributed by atoms with Gasteiger partial charge in [-0.15, -0.1) is 0 Å². The van der Waals surface area contributed by atoms with Gasteiger partial charge in [0.2, 0.25) is 9.05 Å². The average Bonchev–Trinajstić information content (AvgIpc) is 2.58. The Morgan fingerprint density at radius 3 is 2.88 bits per heavy atom. The highest BCUT2D eigenvalue weighted by molar-refractivity contribution is 8.13. The van der Waals surface area contributed by atoms with Gasteiger partial charge in [0.1, 0.15) is 17.0 Å². The Balaban J connectivity index is 2.50. The maximum Gasteiger partial charge on any atom is 0.240 e. The third kappa shape index (κ3) is 2.28. The molecule has 86 valence electrons. The molecule has 5 nitrogen and oxygen atoms in total. The lowest BCUT2D eigenvalue weighted by atomic mass is 10.2. The number of benzene rings is 1. The summed E-state index contributed by atoms with van der Waals surface area (Å²) in [6.45, 7) is 0. The van der Waals surface area contributed by atoms with Crippen molar-refractivity contribution < 1.29 is 17.7 Å². The summed E-state index contributed by atoms with van der Waals surface area (Å²) in [5.74, 6) is 0.478. The van der Waals surface area contributed by atoms with Crippen LogP contribution in [0.2, 0.25) is 0 Å². The molecule has 0 atom stereocenters. The van der Waals surface area contributed by atoms with E-state index in [2.05, 4.69) is 5.16 Å². The van der Waals surface area contributed by atoms with Crippen LogP contribution >= 0.6 is 10.7 Å². The van der Waals surface area contributed by atoms with Gasteiger partial charge in [-0.3, -0.25) is 0 Å². The molecule has 0 bridgehead atoms. The molecule has 16 heavy (non-hydrogen) atoms. The van der Waals surface area contributed by atoms with Gasteiger partial charge < -0.3 is 9.26 Å². The first kappa shape index (κ1) is 11.2. The molecule has 0 aliphatic heterocycles. The Labute approximate surface area is 96.4 Å². The molecule has 1 heterocycles. The molecular weight excluding hydrogens is 254 g/mol. The van der Waals surface area contributed by atoms with Crippen LogP contribution < -0.4 is 4.74 Å². The van der Waals surface area contributed by atoms with E-state index in [1.807, 2.05) is 0 Å². The molecule has 0 N–H and O–H groups in total. The van der Waals surface area contributed by atoms with Gasteiger partial charge in [0.25, 0.3) is 0 Å². The van der Waals surface area contributed by atoms with Crippen LogP contribution in [0.15, 0.2) is 22.7 Å². The Kier molecular flexibility index (Phi) is 2.77. The van der Waals surface area contributed by atoms with Gasteiger partial charge in [-0.25, -0.2) is 8.42 Å². The molecule has 7 heteroatoms. The minimum absolute atomic E-state index is 0.229. The molecule has 0 unspecified atom stereocenters. The van der Waals surface area contributed by atoms with Crippen LogP contribution in [0.4, 0.5) is 0 Å². The number of halogens is 1. The summed E-state index contributed by atoms with van der Waals surface area (Å²) in [7, 11) is 3.03. The van der Waals surface area contributed by atoms with Crippen LogP contribution in [-0.4, -0.2) is 20.7 Å². The molecule has 1 aromatic carbocycles. The minimum atomic E-state index is -3.65. The molecule has 0 radical (unpaired) electrons. The number of nitrogens with zero attached hydrogens (tertiary/aromatic N) is 1. The second kappa shape index (κ2) is 3.95. The van der Waals surface area contributed by atoms with Gasteiger partial charge in [0.15, 0.2) is 5.76 Å². The van der Waals surface area contributed by atoms with Crippen molar-refractivity contribution in [2.24, 2.45) is 0 Å². The number of ether oxygens (including phenoxy) is 1. The lowest BCUT2D eigenvalue weighted by Crippen LogP contribution is -1.93. The zero-order valence-electron chi connectivity index (χ0n) is 8.31. The number of fused-ring (bicyclic) bond motifs is 1. The first-order valence-electron chi connectivity index (χ1n) is 4.34. The topological polar surface area (TPSA) is 69.4 Å². The third-order valence-corrected chi connectivity index (χ3v) is 3.00. The standard InChI is InChI=1S/C9H8ClNO4S/c1-14-6-2-3-7-8(4-6)11-15-9(7)5-16(10,12)13/h2-4H,5H2,1H3. The molecule has 0 saturated carbocycles. The summed E-state index contributed by atoms with van der Waals surface area (Å²) >= 11 is 0. The Bertz CT molecular complexity index is 619. The number of hydrogen-bond acceptors (Lipinski definition) is 5. The highest BCUT2D eigenvalue weighted by Gasteiger charge is 2.15. The maximum atomic E-state index is 10.9. The molecule has 0 spiro atoms. The van der Waals surface area contributed by atoms with Gasteiger partial charge >= 0.3 is 0 Å². The monoisotopic (exact) mass is 261 g/mol. The Hall–Kier alpha value is -1.27. The van der Waals surface area contributed by atoms with Crippen LogP contribution in [0, 0.1) is 0 Å². The Morgan fingerprint density at radius 1 is 1.50 bits per heavy atom. The van der Waals surface area contributed by atoms with Crippen molar-refractivity contribution >= 4 is 30.6 Å². The van der Waals surface area contributed by atoms with E-state index in [9.17, 15) is 8.42 Å². The van der Waals surface area contributed by atoms with E-state index in [4.69, 9.17) is 19.9 Å². The predicted octanol–water partition coefficient (Wildman–Crippen LogP) is 1.91. The van der Waals surface area contributed by atoms with Crippen molar-refractivity contribution in [3.05, 3.63) is 24.0 Å². The fourth-order valence-electron chi connectivity index (χ4n) is 1.36. The van der Waals surface area contributed by atoms with Gasteiger partial charge in [-0.2, -0.15) is 0 Å². The quantitative estimate of drug-likeness (QED) is 0.790. The number of methoxy groups -OCH3 is 1. The van der Waals surface area contributed by atoms with Crippen LogP contribution in [0.5, 0.6) is 5.75 Å². The molecular formula is C9H8ClNO4S. The van der Waals surface area contributed by atoms with Gasteiger partial charge in [-0.05, 0) is 12.1 Å². The highest BCUT2D eigenvalue weighted by Crippen LogP contribution is 2.25. The molecule has 2 rings (SSSR count). The van der Waals surface area contributed by atoms with E-state index < -0.39 is 9.05 Å². The van der Waals surface area contributed by atoms with Crippen molar-refractivity contribution in [2.75, 3.05) is 7.11 Å². The van der Waals surface area contributed by atoms with Crippen molar-refractivity contribution in [3.63, 3.8) is 0 Å². The summed E-state index contributed by atoms with van der Waals surface area (Å²) in [6.07, 6.45) is 0. The first-order valence-corrected chi connectivity index (χ1v) is 6.82. The number of aromatic nitrogens is 1. The molecule has 0 saturated heterocycles. The average molecular weight is 262 g/mol. The maximum absolute atomic E-state index is 10.9. The van der Waals surface area contributed by atoms with Crippen molar-refractivity contribution in [1.29, 1.82) is 0 Å². The minimum Gasteiger partial charge on any atom is -0.497 e. The smallest absolute Gasteiger partial charge is 0.240 e. The molecule has 0 fully saturated rings. The Morgan fingerprint density at radius 2 is 2.25 bits per heavy atom. The van der Waals surface area contributed by atoms with Crippen LogP contribution in [0.1, 0.15) is 5.76 Å². The van der Waals surface area contributed by atoms with E-state index in [-0.39, 0.29) is 11.5 Å². The van der Waals surface area contributed by atoms with E-state index >= 15 is 0 Å². The SMILES string of the molecule is COc1ccc2c(CS(=O)(=O)Cl)onc2c1. The van der Waals surface area contributed by atoms with Crippen molar-refractivity contribution in [1.82, 2.24) is 5.16 Å². The zero-order chi connectivity index (χ0) is 11.8. The van der Waals surface area contributed by atoms with E-state index in [0.717, 1.165) is 0 Å². The lowest BCUT2D eigenvalue weighted by Gasteiger charge is -1.97. The second-order valence-corrected chi connectivity index (χ2v) is 5.95. The van der Waals surface area contributed by atoms with Crippen LogP contribution in [0.3, 0.4) is 0 Å². The van der Waals surface area contributed by atoms with Crippen LogP contribution in [0.25, 0.3) is 10.9 Å². The summed E-state index contributed by atoms with van der Waals surface area (Å²) in [5.41, 5.74) is 0.537. The van der Waals surface area contributed by atoms with E-state index in [1.165, 1.54) is 7.11 Å². The summed E-state index contributed by atoms with van der Waals surface area (Å²) in [5, 5.41) is 4.35. The fraction of sp³-hybridized carbons (Fsp3) is 0.222. The summed E-state index contributed by atoms with van der Waals surface area (Å²) in [6, 6.07) is 5.04. The molecule has 0 aliphatic carbocycles. The third-order valence-electron chi connectivity index (χ3n) is 2.06. The summed E-state index contributed by atoms with van der Waals surface area (Å²) < 4.78 is 31.8. The van der Waals surface area contributed by atoms with Crippen LogP contribution in [-0.2, 0) is 14.8 Å². The molecule has 0 aliphatic rings. The van der Waals surface area contributed by atoms with Crippen molar-refractivity contribution in [3.8, 4) is 5.75 Å². The first-order chi connectivity index (χ1) is 7.49. The van der Waals surface area contributed by atoms with Gasteiger partial charge in [-0.1, -0.05) is 5.16 Å². The number of rotatable bonds is 3. The predicted molar refractivity (Wildman–Crippen MR) is 59.0 cm³/mol. The number of hydrogen-bond donors (Lipinski definition) is 0. The lowest BCUT2D eigenvalue weighted by molar-refractivity contribution is 0.400. The highest BCUT2D eigenvalue weighted by atomic mass is 35.7. The molecule has 0 amide bonds. The normalized spacial score (nSPS) is 11.9. The van der Waals surface area contributed by atoms with Crippen molar-refractivity contribution in [2.45, 2.75) is 5.75 Å². The largest absolute Gasteiger partial charge is 0.497 e. The summed E-state index contributed by atoms with van der Waals surface area (Å²) in [4.78, 5) is 0.